The second-order valence-corrected chi connectivity index (χ2v) is 10.1. The molecular formula is C23H31N3O3S. The quantitative estimate of drug-likeness (QED) is 0.735. The molecule has 0 spiro atoms. The lowest BCUT2D eigenvalue weighted by Crippen LogP contribution is -2.48. The molecule has 1 fully saturated rings. The highest BCUT2D eigenvalue weighted by Crippen LogP contribution is 2.20. The van der Waals surface area contributed by atoms with E-state index >= 15 is 0 Å². The molecule has 1 N–H and O–H groups in total. The van der Waals surface area contributed by atoms with E-state index in [4.69, 9.17) is 0 Å². The molecule has 2 aromatic carbocycles. The van der Waals surface area contributed by atoms with Crippen molar-refractivity contribution in [3.63, 3.8) is 0 Å². The number of nitrogens with one attached hydrogen (secondary N) is 1. The Hall–Kier alpha value is -2.22. The molecule has 0 bridgehead atoms. The third kappa shape index (κ3) is 5.47. The molecule has 1 heterocycles. The van der Waals surface area contributed by atoms with E-state index in [0.29, 0.717) is 37.7 Å². The second kappa shape index (κ2) is 9.73. The Kier molecular flexibility index (Phi) is 7.28. The molecule has 3 rings (SSSR count). The molecule has 1 amide bonds. The first kappa shape index (κ1) is 22.5. The molecular weight excluding hydrogens is 398 g/mol. The Balaban J connectivity index is 1.65. The summed E-state index contributed by atoms with van der Waals surface area (Å²) in [4.78, 5) is 14.9. The molecule has 0 radical (unpaired) electrons. The third-order valence-electron chi connectivity index (χ3n) is 5.67. The number of hydrogen-bond donors (Lipinski definition) is 1. The van der Waals surface area contributed by atoms with Crippen molar-refractivity contribution in [2.24, 2.45) is 5.92 Å². The van der Waals surface area contributed by atoms with Crippen molar-refractivity contribution < 1.29 is 13.2 Å². The number of hydrogen-bond acceptors (Lipinski definition) is 4. The molecule has 1 saturated heterocycles. The number of benzene rings is 2. The van der Waals surface area contributed by atoms with Crippen LogP contribution in [0, 0.1) is 5.92 Å². The smallest absolute Gasteiger partial charge is 0.251 e. The lowest BCUT2D eigenvalue weighted by molar-refractivity contribution is 0.0930. The van der Waals surface area contributed by atoms with Crippen LogP contribution in [-0.4, -0.2) is 55.8 Å². The van der Waals surface area contributed by atoms with Gasteiger partial charge in [0.2, 0.25) is 10.0 Å². The van der Waals surface area contributed by atoms with Crippen LogP contribution in [0.3, 0.4) is 0 Å². The summed E-state index contributed by atoms with van der Waals surface area (Å²) in [5.41, 5.74) is 1.59. The van der Waals surface area contributed by atoms with Gasteiger partial charge in [-0.1, -0.05) is 50.2 Å². The summed E-state index contributed by atoms with van der Waals surface area (Å²) in [5, 5.41) is 2.93. The minimum absolute atomic E-state index is 0.00968. The Morgan fingerprint density at radius 1 is 0.967 bits per heavy atom. The maximum Gasteiger partial charge on any atom is 0.251 e. The zero-order chi connectivity index (χ0) is 21.7. The number of piperazine rings is 1. The van der Waals surface area contributed by atoms with Crippen LogP contribution in [0.1, 0.15) is 36.7 Å². The Labute approximate surface area is 179 Å². The van der Waals surface area contributed by atoms with Crippen molar-refractivity contribution in [3.05, 3.63) is 65.7 Å². The van der Waals surface area contributed by atoms with Crippen molar-refractivity contribution in [1.82, 2.24) is 14.5 Å². The van der Waals surface area contributed by atoms with Gasteiger partial charge in [0.25, 0.3) is 5.91 Å². The minimum Gasteiger partial charge on any atom is -0.349 e. The van der Waals surface area contributed by atoms with Crippen LogP contribution in [0.4, 0.5) is 0 Å². The Morgan fingerprint density at radius 2 is 1.63 bits per heavy atom. The molecule has 162 valence electrons. The first-order chi connectivity index (χ1) is 14.3. The van der Waals surface area contributed by atoms with Crippen molar-refractivity contribution in [3.8, 4) is 0 Å². The van der Waals surface area contributed by atoms with Crippen molar-refractivity contribution in [1.29, 1.82) is 0 Å². The van der Waals surface area contributed by atoms with E-state index in [9.17, 15) is 13.2 Å². The number of carbonyl (C=O) groups excluding carboxylic acids is 1. The van der Waals surface area contributed by atoms with E-state index in [0.717, 1.165) is 6.54 Å². The van der Waals surface area contributed by atoms with Gasteiger partial charge in [0.05, 0.1) is 4.90 Å². The molecule has 1 aliphatic heterocycles. The predicted molar refractivity (Wildman–Crippen MR) is 119 cm³/mol. The highest BCUT2D eigenvalue weighted by molar-refractivity contribution is 7.89. The summed E-state index contributed by atoms with van der Waals surface area (Å²) in [6.07, 6.45) is 0. The summed E-state index contributed by atoms with van der Waals surface area (Å²) in [6, 6.07) is 16.5. The van der Waals surface area contributed by atoms with Crippen LogP contribution in [-0.2, 0) is 16.6 Å². The second-order valence-electron chi connectivity index (χ2n) is 8.20. The number of sulfonamides is 1. The van der Waals surface area contributed by atoms with Crippen molar-refractivity contribution in [2.45, 2.75) is 38.3 Å². The number of amides is 1. The number of rotatable bonds is 7. The average Bonchev–Trinajstić information content (AvgIpc) is 2.75. The van der Waals surface area contributed by atoms with E-state index in [-0.39, 0.29) is 16.8 Å². The zero-order valence-electron chi connectivity index (χ0n) is 17.9. The standard InChI is InChI=1S/C23H31N3O3S/c1-18(2)19(3)24-23(27)21-10-7-11-22(16-21)30(28,29)26-14-12-25(13-15-26)17-20-8-5-4-6-9-20/h4-11,16,18-19H,12-15,17H2,1-3H3,(H,24,27). The topological polar surface area (TPSA) is 69.7 Å². The van der Waals surface area contributed by atoms with Gasteiger partial charge in [0.1, 0.15) is 0 Å². The van der Waals surface area contributed by atoms with Gasteiger partial charge < -0.3 is 5.32 Å². The molecule has 1 aliphatic rings. The van der Waals surface area contributed by atoms with Gasteiger partial charge in [-0.25, -0.2) is 8.42 Å². The monoisotopic (exact) mass is 429 g/mol. The zero-order valence-corrected chi connectivity index (χ0v) is 18.7. The van der Waals surface area contributed by atoms with Gasteiger partial charge in [-0.05, 0) is 36.6 Å². The van der Waals surface area contributed by atoms with Gasteiger partial charge in [0.15, 0.2) is 0 Å². The first-order valence-corrected chi connectivity index (χ1v) is 11.9. The SMILES string of the molecule is CC(C)C(C)NC(=O)c1cccc(S(=O)(=O)N2CCN(Cc3ccccc3)CC2)c1. The van der Waals surface area contributed by atoms with Crippen LogP contribution in [0.25, 0.3) is 0 Å². The van der Waals surface area contributed by atoms with E-state index in [1.165, 1.54) is 15.9 Å². The summed E-state index contributed by atoms with van der Waals surface area (Å²) in [6.45, 7) is 9.06. The van der Waals surface area contributed by atoms with Gasteiger partial charge in [-0.3, -0.25) is 9.69 Å². The first-order valence-electron chi connectivity index (χ1n) is 10.4. The maximum absolute atomic E-state index is 13.1. The summed E-state index contributed by atoms with van der Waals surface area (Å²) in [7, 11) is -3.63. The molecule has 2 aromatic rings. The molecule has 0 aliphatic carbocycles. The molecule has 1 atom stereocenters. The normalized spacial score (nSPS) is 17.1. The molecule has 7 heteroatoms. The fraction of sp³-hybridized carbons (Fsp3) is 0.435. The minimum atomic E-state index is -3.63. The lowest BCUT2D eigenvalue weighted by Gasteiger charge is -2.34. The van der Waals surface area contributed by atoms with Crippen LogP contribution < -0.4 is 5.32 Å². The van der Waals surface area contributed by atoms with Gasteiger partial charge >= 0.3 is 0 Å². The van der Waals surface area contributed by atoms with Crippen LogP contribution >= 0.6 is 0 Å². The molecule has 30 heavy (non-hydrogen) atoms. The highest BCUT2D eigenvalue weighted by Gasteiger charge is 2.29. The maximum atomic E-state index is 13.1. The van der Waals surface area contributed by atoms with Crippen molar-refractivity contribution in [2.75, 3.05) is 26.2 Å². The summed E-state index contributed by atoms with van der Waals surface area (Å²) < 4.78 is 27.8. The fourth-order valence-corrected chi connectivity index (χ4v) is 4.84. The average molecular weight is 430 g/mol. The van der Waals surface area contributed by atoms with Crippen LogP contribution in [0.15, 0.2) is 59.5 Å². The fourth-order valence-electron chi connectivity index (χ4n) is 3.37. The Morgan fingerprint density at radius 3 is 2.27 bits per heavy atom. The van der Waals surface area contributed by atoms with E-state index in [2.05, 4.69) is 22.3 Å². The Bertz CT molecular complexity index is 953. The van der Waals surface area contributed by atoms with E-state index in [1.54, 1.807) is 18.2 Å². The van der Waals surface area contributed by atoms with Crippen LogP contribution in [0.2, 0.25) is 0 Å². The van der Waals surface area contributed by atoms with E-state index < -0.39 is 10.0 Å². The lowest BCUT2D eigenvalue weighted by atomic mass is 10.1. The van der Waals surface area contributed by atoms with Crippen molar-refractivity contribution >= 4 is 15.9 Å². The molecule has 0 saturated carbocycles. The van der Waals surface area contributed by atoms with E-state index in [1.807, 2.05) is 39.0 Å². The number of carbonyl (C=O) groups is 1. The highest BCUT2D eigenvalue weighted by atomic mass is 32.2. The molecule has 6 nitrogen and oxygen atoms in total. The van der Waals surface area contributed by atoms with Crippen LogP contribution in [0.5, 0.6) is 0 Å². The van der Waals surface area contributed by atoms with Gasteiger partial charge in [-0.15, -0.1) is 0 Å². The largest absolute Gasteiger partial charge is 0.349 e. The molecule has 1 unspecified atom stereocenters. The van der Waals surface area contributed by atoms with Gasteiger partial charge in [0, 0.05) is 44.3 Å². The third-order valence-corrected chi connectivity index (χ3v) is 7.57. The summed E-state index contributed by atoms with van der Waals surface area (Å²) in [5.74, 6) is 0.0500. The van der Waals surface area contributed by atoms with Gasteiger partial charge in [-0.2, -0.15) is 4.31 Å². The predicted octanol–water partition coefficient (Wildman–Crippen LogP) is 2.97. The summed E-state index contributed by atoms with van der Waals surface area (Å²) >= 11 is 0. The number of nitrogens with zero attached hydrogens (tertiary/aromatic N) is 2. The molecule has 0 aromatic heterocycles.